The zero-order chi connectivity index (χ0) is 30.3. The Morgan fingerprint density at radius 3 is 2.05 bits per heavy atom. The molecule has 0 spiro atoms. The van der Waals surface area contributed by atoms with Crippen molar-refractivity contribution in [1.29, 1.82) is 0 Å². The summed E-state index contributed by atoms with van der Waals surface area (Å²) < 4.78 is 32.5. The van der Waals surface area contributed by atoms with E-state index in [0.717, 1.165) is 53.3 Å². The lowest BCUT2D eigenvalue weighted by atomic mass is 9.76. The topological polar surface area (TPSA) is 64.1 Å². The highest BCUT2D eigenvalue weighted by molar-refractivity contribution is 5.87. The van der Waals surface area contributed by atoms with Crippen LogP contribution in [0, 0.1) is 5.82 Å². The maximum Gasteiger partial charge on any atom is 0.129 e. The molecule has 0 radical (unpaired) electrons. The summed E-state index contributed by atoms with van der Waals surface area (Å²) in [5.74, 6) is 1.83. The van der Waals surface area contributed by atoms with Crippen LogP contribution in [0.1, 0.15) is 48.9 Å². The summed E-state index contributed by atoms with van der Waals surface area (Å²) in [5, 5.41) is 7.21. The zero-order valence-electron chi connectivity index (χ0n) is 25.3. The molecular formula is C36H40FN3O3. The maximum absolute atomic E-state index is 15.4. The predicted octanol–water partition coefficient (Wildman–Crippen LogP) is 7.28. The van der Waals surface area contributed by atoms with E-state index < -0.39 is 11.1 Å². The van der Waals surface area contributed by atoms with Crippen molar-refractivity contribution < 1.29 is 18.6 Å². The van der Waals surface area contributed by atoms with Crippen LogP contribution in [0.5, 0.6) is 11.5 Å². The van der Waals surface area contributed by atoms with Crippen molar-refractivity contribution in [1.82, 2.24) is 5.32 Å². The van der Waals surface area contributed by atoms with E-state index in [9.17, 15) is 0 Å². The van der Waals surface area contributed by atoms with Gasteiger partial charge in [-0.1, -0.05) is 67.9 Å². The van der Waals surface area contributed by atoms with E-state index in [2.05, 4.69) is 54.0 Å². The lowest BCUT2D eigenvalue weighted by molar-refractivity contribution is 0.101. The third-order valence-electron chi connectivity index (χ3n) is 7.99. The number of hydrogen-bond acceptors (Lipinski definition) is 6. The van der Waals surface area contributed by atoms with Crippen LogP contribution in [0.3, 0.4) is 0 Å². The monoisotopic (exact) mass is 581 g/mol. The number of hydrogen-bond donors (Lipinski definition) is 2. The van der Waals surface area contributed by atoms with Gasteiger partial charge in [-0.25, -0.2) is 4.39 Å². The van der Waals surface area contributed by atoms with Gasteiger partial charge in [0.25, 0.3) is 0 Å². The number of methoxy groups -OCH3 is 2. The van der Waals surface area contributed by atoms with Gasteiger partial charge in [-0.05, 0) is 72.5 Å². The standard InChI is InChI=1S/C36H40FN3O3/c1-5-6-22-38-29-16-21-33(37)32(23-29)35(2)25-43-24-34(39-35)40-36(26-10-8-7-9-11-26,27-12-17-30(41-3)18-13-27)28-14-19-31(42-4)20-15-28/h7-21,23,38H,5-6,22,24-25H2,1-4H3,(H,39,40)/t35-/m0/s1. The molecule has 0 amide bonds. The first-order chi connectivity index (χ1) is 20.9. The van der Waals surface area contributed by atoms with Crippen molar-refractivity contribution in [3.05, 3.63) is 125 Å². The van der Waals surface area contributed by atoms with Gasteiger partial charge in [0.1, 0.15) is 40.8 Å². The van der Waals surface area contributed by atoms with Gasteiger partial charge >= 0.3 is 0 Å². The molecule has 1 aliphatic rings. The number of anilines is 1. The second-order valence-corrected chi connectivity index (χ2v) is 11.0. The lowest BCUT2D eigenvalue weighted by Crippen LogP contribution is -2.51. The van der Waals surface area contributed by atoms with Crippen molar-refractivity contribution in [2.75, 3.05) is 39.3 Å². The van der Waals surface area contributed by atoms with Gasteiger partial charge in [0.2, 0.25) is 0 Å². The Labute approximate surface area is 253 Å². The Bertz CT molecular complexity index is 1480. The zero-order valence-corrected chi connectivity index (χ0v) is 25.3. The normalized spacial score (nSPS) is 16.7. The smallest absolute Gasteiger partial charge is 0.129 e. The minimum atomic E-state index is -0.935. The highest BCUT2D eigenvalue weighted by Gasteiger charge is 2.40. The third-order valence-corrected chi connectivity index (χ3v) is 7.99. The molecule has 0 bridgehead atoms. The Kier molecular flexibility index (Phi) is 9.31. The molecule has 4 aromatic rings. The molecule has 1 heterocycles. The quantitative estimate of drug-likeness (QED) is 0.144. The molecule has 43 heavy (non-hydrogen) atoms. The first-order valence-corrected chi connectivity index (χ1v) is 14.7. The molecule has 0 saturated heterocycles. The molecule has 4 aromatic carbocycles. The molecule has 0 fully saturated rings. The molecule has 7 heteroatoms. The fourth-order valence-electron chi connectivity index (χ4n) is 5.67. The average molecular weight is 582 g/mol. The molecule has 0 aromatic heterocycles. The van der Waals surface area contributed by atoms with Crippen LogP contribution in [-0.4, -0.2) is 39.8 Å². The SMILES string of the molecule is CCCCNc1ccc(F)c([C@]2(C)COCC(NC(c3ccccc3)(c3ccc(OC)cc3)c3ccc(OC)cc3)=N2)c1. The number of nitrogens with zero attached hydrogens (tertiary/aromatic N) is 1. The Morgan fingerprint density at radius 2 is 1.47 bits per heavy atom. The fraction of sp³-hybridized carbons (Fsp3) is 0.306. The van der Waals surface area contributed by atoms with Crippen molar-refractivity contribution in [3.8, 4) is 11.5 Å². The van der Waals surface area contributed by atoms with E-state index in [1.807, 2.05) is 55.5 Å². The summed E-state index contributed by atoms with van der Waals surface area (Å²) in [7, 11) is 3.31. The molecule has 224 valence electrons. The second-order valence-electron chi connectivity index (χ2n) is 11.0. The van der Waals surface area contributed by atoms with Crippen LogP contribution in [0.2, 0.25) is 0 Å². The Hall–Kier alpha value is -4.36. The van der Waals surface area contributed by atoms with E-state index in [1.165, 1.54) is 6.07 Å². The van der Waals surface area contributed by atoms with Crippen LogP contribution < -0.4 is 20.1 Å². The number of nitrogens with one attached hydrogen (secondary N) is 2. The number of aliphatic imine (C=N–C) groups is 1. The summed E-state index contributed by atoms with van der Waals surface area (Å²) >= 11 is 0. The molecule has 1 atom stereocenters. The summed E-state index contributed by atoms with van der Waals surface area (Å²) in [6, 6.07) is 31.4. The third kappa shape index (κ3) is 6.37. The fourth-order valence-corrected chi connectivity index (χ4v) is 5.67. The van der Waals surface area contributed by atoms with Crippen molar-refractivity contribution in [2.24, 2.45) is 4.99 Å². The van der Waals surface area contributed by atoms with Gasteiger partial charge < -0.3 is 24.8 Å². The van der Waals surface area contributed by atoms with Gasteiger partial charge in [0.05, 0.1) is 20.8 Å². The first-order valence-electron chi connectivity index (χ1n) is 14.7. The molecule has 6 nitrogen and oxygen atoms in total. The minimum Gasteiger partial charge on any atom is -0.497 e. The molecule has 0 unspecified atom stereocenters. The number of amidine groups is 1. The molecule has 5 rings (SSSR count). The second kappa shape index (κ2) is 13.3. The number of rotatable bonds is 11. The van der Waals surface area contributed by atoms with E-state index in [0.29, 0.717) is 11.4 Å². The summed E-state index contributed by atoms with van der Waals surface area (Å²) in [6.45, 7) is 5.42. The largest absolute Gasteiger partial charge is 0.497 e. The van der Waals surface area contributed by atoms with Crippen LogP contribution in [0.25, 0.3) is 0 Å². The molecule has 2 N–H and O–H groups in total. The molecular weight excluding hydrogens is 541 g/mol. The molecule has 1 aliphatic heterocycles. The number of unbranched alkanes of at least 4 members (excludes halogenated alkanes) is 1. The van der Waals surface area contributed by atoms with E-state index in [1.54, 1.807) is 20.3 Å². The highest BCUT2D eigenvalue weighted by Crippen LogP contribution is 2.40. The predicted molar refractivity (Wildman–Crippen MR) is 171 cm³/mol. The van der Waals surface area contributed by atoms with Gasteiger partial charge in [0.15, 0.2) is 0 Å². The van der Waals surface area contributed by atoms with Gasteiger partial charge in [-0.2, -0.15) is 0 Å². The summed E-state index contributed by atoms with van der Waals surface area (Å²) in [4.78, 5) is 5.17. The van der Waals surface area contributed by atoms with E-state index in [-0.39, 0.29) is 19.0 Å². The van der Waals surface area contributed by atoms with Crippen LogP contribution in [0.15, 0.2) is 102 Å². The lowest BCUT2D eigenvalue weighted by Gasteiger charge is -2.40. The van der Waals surface area contributed by atoms with Gasteiger partial charge in [0, 0.05) is 17.8 Å². The maximum atomic E-state index is 15.4. The summed E-state index contributed by atoms with van der Waals surface area (Å²) in [5.41, 5.74) is 2.54. The number of halogens is 1. The van der Waals surface area contributed by atoms with Crippen molar-refractivity contribution >= 4 is 11.5 Å². The molecule has 0 aliphatic carbocycles. The van der Waals surface area contributed by atoms with Crippen LogP contribution in [-0.2, 0) is 15.8 Å². The van der Waals surface area contributed by atoms with Gasteiger partial charge in [-0.15, -0.1) is 0 Å². The van der Waals surface area contributed by atoms with E-state index >= 15 is 4.39 Å². The van der Waals surface area contributed by atoms with Crippen molar-refractivity contribution in [2.45, 2.75) is 37.8 Å². The Balaban J connectivity index is 1.64. The van der Waals surface area contributed by atoms with Gasteiger partial charge in [-0.3, -0.25) is 4.99 Å². The number of benzene rings is 4. The molecule has 0 saturated carbocycles. The number of ether oxygens (including phenoxy) is 3. The first kappa shape index (κ1) is 30.1. The van der Waals surface area contributed by atoms with Crippen LogP contribution >= 0.6 is 0 Å². The Morgan fingerprint density at radius 1 is 0.860 bits per heavy atom. The minimum absolute atomic E-state index is 0.256. The summed E-state index contributed by atoms with van der Waals surface area (Å²) in [6.07, 6.45) is 2.12. The highest BCUT2D eigenvalue weighted by atomic mass is 19.1. The average Bonchev–Trinajstić information content (AvgIpc) is 3.05. The van der Waals surface area contributed by atoms with Crippen LogP contribution in [0.4, 0.5) is 10.1 Å². The van der Waals surface area contributed by atoms with E-state index in [4.69, 9.17) is 19.2 Å². The van der Waals surface area contributed by atoms with Crippen molar-refractivity contribution in [3.63, 3.8) is 0 Å².